The van der Waals surface area contributed by atoms with Crippen molar-refractivity contribution in [2.75, 3.05) is 19.6 Å². The SMILES string of the molecule is CCN(CC(F)(F)F)C(CN)c1ccccn1. The first-order valence-electron chi connectivity index (χ1n) is 5.39. The van der Waals surface area contributed by atoms with Gasteiger partial charge in [0.1, 0.15) is 0 Å². The van der Waals surface area contributed by atoms with E-state index >= 15 is 0 Å². The maximum Gasteiger partial charge on any atom is 0.401 e. The minimum absolute atomic E-state index is 0.112. The molecule has 0 aromatic carbocycles. The number of nitrogens with zero attached hydrogens (tertiary/aromatic N) is 2. The van der Waals surface area contributed by atoms with E-state index < -0.39 is 18.8 Å². The summed E-state index contributed by atoms with van der Waals surface area (Å²) in [6.07, 6.45) is -2.67. The minimum Gasteiger partial charge on any atom is -0.329 e. The third-order valence-electron chi connectivity index (χ3n) is 2.48. The molecule has 0 aliphatic heterocycles. The molecule has 1 rings (SSSR count). The zero-order valence-corrected chi connectivity index (χ0v) is 9.61. The highest BCUT2D eigenvalue weighted by atomic mass is 19.4. The van der Waals surface area contributed by atoms with Crippen LogP contribution in [0.4, 0.5) is 13.2 Å². The monoisotopic (exact) mass is 247 g/mol. The van der Waals surface area contributed by atoms with E-state index in [0.717, 1.165) is 0 Å². The summed E-state index contributed by atoms with van der Waals surface area (Å²) in [7, 11) is 0. The maximum absolute atomic E-state index is 12.4. The second kappa shape index (κ2) is 5.97. The smallest absolute Gasteiger partial charge is 0.329 e. The first-order valence-corrected chi connectivity index (χ1v) is 5.39. The van der Waals surface area contributed by atoms with Gasteiger partial charge in [0.2, 0.25) is 0 Å². The minimum atomic E-state index is -4.22. The second-order valence-corrected chi connectivity index (χ2v) is 3.68. The number of aromatic nitrogens is 1. The molecule has 0 radical (unpaired) electrons. The van der Waals surface area contributed by atoms with Gasteiger partial charge >= 0.3 is 6.18 Å². The Morgan fingerprint density at radius 3 is 2.53 bits per heavy atom. The molecule has 0 bridgehead atoms. The third kappa shape index (κ3) is 4.32. The van der Waals surface area contributed by atoms with E-state index in [9.17, 15) is 13.2 Å². The Morgan fingerprint density at radius 2 is 2.12 bits per heavy atom. The standard InChI is InChI=1S/C11H16F3N3/c1-2-17(8-11(12,13)14)10(7-15)9-5-3-4-6-16-9/h3-6,10H,2,7-8,15H2,1H3. The van der Waals surface area contributed by atoms with Gasteiger partial charge in [-0.3, -0.25) is 9.88 Å². The Bertz CT molecular complexity index is 326. The van der Waals surface area contributed by atoms with E-state index in [-0.39, 0.29) is 13.1 Å². The van der Waals surface area contributed by atoms with Crippen LogP contribution in [0.15, 0.2) is 24.4 Å². The Kier molecular flexibility index (Phi) is 4.89. The quantitative estimate of drug-likeness (QED) is 0.865. The lowest BCUT2D eigenvalue weighted by molar-refractivity contribution is -0.150. The fourth-order valence-corrected chi connectivity index (χ4v) is 1.70. The molecule has 0 aliphatic carbocycles. The lowest BCUT2D eigenvalue weighted by Gasteiger charge is -2.29. The number of nitrogens with two attached hydrogens (primary N) is 1. The van der Waals surface area contributed by atoms with E-state index in [0.29, 0.717) is 5.69 Å². The molecule has 1 aromatic rings. The molecule has 6 heteroatoms. The van der Waals surface area contributed by atoms with Crippen LogP contribution in [0.3, 0.4) is 0 Å². The molecule has 0 spiro atoms. The van der Waals surface area contributed by atoms with E-state index in [1.165, 1.54) is 4.90 Å². The van der Waals surface area contributed by atoms with Crippen molar-refractivity contribution in [1.82, 2.24) is 9.88 Å². The van der Waals surface area contributed by atoms with Gasteiger partial charge < -0.3 is 5.73 Å². The van der Waals surface area contributed by atoms with Gasteiger partial charge in [0.05, 0.1) is 18.3 Å². The highest BCUT2D eigenvalue weighted by molar-refractivity contribution is 5.09. The van der Waals surface area contributed by atoms with Gasteiger partial charge in [-0.25, -0.2) is 0 Å². The number of halogens is 3. The van der Waals surface area contributed by atoms with Crippen molar-refractivity contribution in [2.24, 2.45) is 5.73 Å². The van der Waals surface area contributed by atoms with Crippen molar-refractivity contribution in [3.63, 3.8) is 0 Å². The molecule has 1 atom stereocenters. The Labute approximate surface area is 98.4 Å². The second-order valence-electron chi connectivity index (χ2n) is 3.68. The van der Waals surface area contributed by atoms with Crippen LogP contribution < -0.4 is 5.73 Å². The van der Waals surface area contributed by atoms with Crippen molar-refractivity contribution < 1.29 is 13.2 Å². The van der Waals surface area contributed by atoms with Gasteiger partial charge in [-0.2, -0.15) is 13.2 Å². The van der Waals surface area contributed by atoms with Crippen LogP contribution in [0.5, 0.6) is 0 Å². The molecule has 0 saturated carbocycles. The predicted molar refractivity (Wildman–Crippen MR) is 59.3 cm³/mol. The van der Waals surface area contributed by atoms with Gasteiger partial charge in [0.15, 0.2) is 0 Å². The molecule has 0 fully saturated rings. The van der Waals surface area contributed by atoms with E-state index in [2.05, 4.69) is 4.98 Å². The molecule has 2 N–H and O–H groups in total. The van der Waals surface area contributed by atoms with Crippen LogP contribution in [-0.4, -0.2) is 35.7 Å². The van der Waals surface area contributed by atoms with E-state index in [1.54, 1.807) is 31.3 Å². The van der Waals surface area contributed by atoms with E-state index in [1.807, 2.05) is 0 Å². The molecule has 17 heavy (non-hydrogen) atoms. The fraction of sp³-hybridized carbons (Fsp3) is 0.545. The number of hydrogen-bond acceptors (Lipinski definition) is 3. The molecule has 0 saturated heterocycles. The Balaban J connectivity index is 2.84. The molecule has 96 valence electrons. The van der Waals surface area contributed by atoms with Crippen LogP contribution >= 0.6 is 0 Å². The van der Waals surface area contributed by atoms with Crippen LogP contribution in [0, 0.1) is 0 Å². The highest BCUT2D eigenvalue weighted by Crippen LogP contribution is 2.23. The first-order chi connectivity index (χ1) is 7.98. The lowest BCUT2D eigenvalue weighted by Crippen LogP contribution is -2.40. The number of hydrogen-bond donors (Lipinski definition) is 1. The van der Waals surface area contributed by atoms with Crippen molar-refractivity contribution in [3.05, 3.63) is 30.1 Å². The van der Waals surface area contributed by atoms with Gasteiger partial charge in [-0.15, -0.1) is 0 Å². The summed E-state index contributed by atoms with van der Waals surface area (Å²) in [5.41, 5.74) is 6.12. The van der Waals surface area contributed by atoms with Crippen molar-refractivity contribution in [1.29, 1.82) is 0 Å². The largest absolute Gasteiger partial charge is 0.401 e. The van der Waals surface area contributed by atoms with Gasteiger partial charge in [0, 0.05) is 12.7 Å². The first kappa shape index (κ1) is 13.9. The summed E-state index contributed by atoms with van der Waals surface area (Å²) in [4.78, 5) is 5.34. The van der Waals surface area contributed by atoms with Crippen LogP contribution in [0.1, 0.15) is 18.7 Å². The summed E-state index contributed by atoms with van der Waals surface area (Å²) in [6.45, 7) is 1.10. The summed E-state index contributed by atoms with van der Waals surface area (Å²) in [6, 6.07) is 4.66. The Hall–Kier alpha value is -1.14. The summed E-state index contributed by atoms with van der Waals surface area (Å²) >= 11 is 0. The topological polar surface area (TPSA) is 42.1 Å². The van der Waals surface area contributed by atoms with Gasteiger partial charge in [-0.05, 0) is 18.7 Å². The van der Waals surface area contributed by atoms with Crippen molar-refractivity contribution in [3.8, 4) is 0 Å². The van der Waals surface area contributed by atoms with E-state index in [4.69, 9.17) is 5.73 Å². The van der Waals surface area contributed by atoms with Crippen molar-refractivity contribution in [2.45, 2.75) is 19.1 Å². The van der Waals surface area contributed by atoms with Gasteiger partial charge in [0.25, 0.3) is 0 Å². The molecule has 1 unspecified atom stereocenters. The van der Waals surface area contributed by atoms with Crippen molar-refractivity contribution >= 4 is 0 Å². The fourth-order valence-electron chi connectivity index (χ4n) is 1.70. The predicted octanol–water partition coefficient (Wildman–Crippen LogP) is 1.97. The zero-order chi connectivity index (χ0) is 12.9. The Morgan fingerprint density at radius 1 is 1.41 bits per heavy atom. The molecular weight excluding hydrogens is 231 g/mol. The summed E-state index contributed by atoms with van der Waals surface area (Å²) in [5, 5.41) is 0. The number of rotatable bonds is 5. The lowest BCUT2D eigenvalue weighted by atomic mass is 10.1. The molecule has 3 nitrogen and oxygen atoms in total. The number of pyridine rings is 1. The number of alkyl halides is 3. The molecule has 1 aromatic heterocycles. The summed E-state index contributed by atoms with van der Waals surface area (Å²) in [5.74, 6) is 0. The molecule has 0 amide bonds. The molecule has 0 aliphatic rings. The summed E-state index contributed by atoms with van der Waals surface area (Å²) < 4.78 is 37.2. The average Bonchev–Trinajstić information content (AvgIpc) is 2.28. The maximum atomic E-state index is 12.4. The van der Waals surface area contributed by atoms with Crippen LogP contribution in [0.2, 0.25) is 0 Å². The molecule has 1 heterocycles. The zero-order valence-electron chi connectivity index (χ0n) is 9.61. The highest BCUT2D eigenvalue weighted by Gasteiger charge is 2.33. The van der Waals surface area contributed by atoms with Crippen LogP contribution in [0.25, 0.3) is 0 Å². The third-order valence-corrected chi connectivity index (χ3v) is 2.48. The average molecular weight is 247 g/mol. The normalized spacial score (nSPS) is 14.0. The molecular formula is C11H16F3N3. The van der Waals surface area contributed by atoms with Crippen LogP contribution in [-0.2, 0) is 0 Å². The van der Waals surface area contributed by atoms with Gasteiger partial charge in [-0.1, -0.05) is 13.0 Å². The number of likely N-dealkylation sites (N-methyl/N-ethyl adjacent to an activating group) is 1.